The molecule has 0 radical (unpaired) electrons. The summed E-state index contributed by atoms with van der Waals surface area (Å²) in [6.07, 6.45) is 24.3. The van der Waals surface area contributed by atoms with Crippen molar-refractivity contribution in [2.45, 2.75) is 139 Å². The molecule has 4 aliphatic carbocycles. The number of ether oxygens (including phenoxy) is 1. The Kier molecular flexibility index (Phi) is 8.47. The summed E-state index contributed by atoms with van der Waals surface area (Å²) >= 11 is 0. The lowest BCUT2D eigenvalue weighted by Gasteiger charge is -2.37. The van der Waals surface area contributed by atoms with Gasteiger partial charge in [-0.05, 0) is 96.9 Å². The van der Waals surface area contributed by atoms with Gasteiger partial charge in [0.1, 0.15) is 11.9 Å². The van der Waals surface area contributed by atoms with E-state index in [9.17, 15) is 0 Å². The minimum Gasteiger partial charge on any atom is -0.490 e. The molecule has 11 rings (SSSR count). The zero-order valence-corrected chi connectivity index (χ0v) is 30.1. The van der Waals surface area contributed by atoms with Gasteiger partial charge in [0.15, 0.2) is 0 Å². The van der Waals surface area contributed by atoms with Crippen LogP contribution in [0.4, 0.5) is 0 Å². The molecule has 274 valence electrons. The zero-order valence-electron chi connectivity index (χ0n) is 30.1. The predicted octanol–water partition coefficient (Wildman–Crippen LogP) is 4.59. The molecule has 51 heavy (non-hydrogen) atoms. The van der Waals surface area contributed by atoms with Gasteiger partial charge in [-0.15, -0.1) is 0 Å². The van der Waals surface area contributed by atoms with Crippen molar-refractivity contribution in [3.8, 4) is 5.75 Å². The second kappa shape index (κ2) is 13.3. The highest BCUT2D eigenvalue weighted by Crippen LogP contribution is 2.45. The van der Waals surface area contributed by atoms with E-state index < -0.39 is 0 Å². The van der Waals surface area contributed by atoms with Gasteiger partial charge < -0.3 is 4.74 Å². The fourth-order valence-electron chi connectivity index (χ4n) is 13.1. The van der Waals surface area contributed by atoms with Gasteiger partial charge in [0.05, 0.1) is 49.3 Å². The Hall–Kier alpha value is -2.08. The molecule has 0 aromatic heterocycles. The molecule has 9 heteroatoms. The number of hydrogen-bond donors (Lipinski definition) is 8. The van der Waals surface area contributed by atoms with Crippen LogP contribution < -0.4 is 47.3 Å². The summed E-state index contributed by atoms with van der Waals surface area (Å²) in [5, 5.41) is 36.4. The molecule has 2 aromatic carbocycles. The van der Waals surface area contributed by atoms with Crippen LogP contribution in [-0.4, -0.2) is 55.4 Å². The molecule has 2 aromatic rings. The second-order valence-electron chi connectivity index (χ2n) is 18.0. The van der Waals surface area contributed by atoms with E-state index in [4.69, 9.17) is 4.74 Å². The molecule has 8 N–H and O–H groups in total. The molecule has 8 fully saturated rings. The Morgan fingerprint density at radius 2 is 0.882 bits per heavy atom. The maximum Gasteiger partial charge on any atom is 0.120 e. The van der Waals surface area contributed by atoms with E-state index in [0.717, 1.165) is 12.2 Å². The summed E-state index contributed by atoms with van der Waals surface area (Å²) in [6, 6.07) is 15.3. The van der Waals surface area contributed by atoms with Gasteiger partial charge >= 0.3 is 0 Å². The molecule has 17 atom stereocenters. The number of nitrogens with one attached hydrogen (secondary N) is 8. The SMILES string of the molecule is C1=CC2C3NC4NC(NC5NC(NC6NC(NC(N3)C2C(Oc2ccc3ccccc3c2)C1)C1CCCCC61)C1CCCCC51)C1CCCCC41. The average molecular weight is 693 g/mol. The summed E-state index contributed by atoms with van der Waals surface area (Å²) in [7, 11) is 0. The van der Waals surface area contributed by atoms with Crippen molar-refractivity contribution < 1.29 is 4.74 Å². The third-order valence-corrected chi connectivity index (χ3v) is 15.4. The first kappa shape index (κ1) is 32.4. The summed E-state index contributed by atoms with van der Waals surface area (Å²) in [5.74, 6) is 5.63. The van der Waals surface area contributed by atoms with E-state index in [0.29, 0.717) is 78.2 Å². The normalized spacial score (nSPS) is 48.8. The second-order valence-corrected chi connectivity index (χ2v) is 18.0. The smallest absolute Gasteiger partial charge is 0.120 e. The van der Waals surface area contributed by atoms with E-state index in [1.54, 1.807) is 0 Å². The fourth-order valence-corrected chi connectivity index (χ4v) is 13.1. The third-order valence-electron chi connectivity index (χ3n) is 15.4. The quantitative estimate of drug-likeness (QED) is 0.215. The van der Waals surface area contributed by atoms with Gasteiger partial charge in [-0.3, -0.25) is 42.5 Å². The molecular weight excluding hydrogens is 633 g/mol. The minimum atomic E-state index is 0.0917. The molecule has 9 aliphatic rings. The van der Waals surface area contributed by atoms with Crippen LogP contribution in [0.25, 0.3) is 10.8 Å². The lowest BCUT2D eigenvalue weighted by Crippen LogP contribution is -2.62. The number of hydrogen-bond acceptors (Lipinski definition) is 9. The Balaban J connectivity index is 0.937. The Labute approximate surface area is 304 Å². The van der Waals surface area contributed by atoms with Crippen LogP contribution in [0.5, 0.6) is 5.75 Å². The molecule has 5 heterocycles. The van der Waals surface area contributed by atoms with E-state index in [2.05, 4.69) is 97.2 Å². The zero-order chi connectivity index (χ0) is 33.5. The topological polar surface area (TPSA) is 105 Å². The van der Waals surface area contributed by atoms with Crippen molar-refractivity contribution in [1.82, 2.24) is 42.5 Å². The van der Waals surface area contributed by atoms with Crippen molar-refractivity contribution in [2.24, 2.45) is 47.3 Å². The van der Waals surface area contributed by atoms with Gasteiger partial charge in [-0.2, -0.15) is 0 Å². The van der Waals surface area contributed by atoms with Gasteiger partial charge in [-0.25, -0.2) is 0 Å². The molecule has 0 spiro atoms. The summed E-state index contributed by atoms with van der Waals surface area (Å²) < 4.78 is 7.04. The molecule has 17 unspecified atom stereocenters. The lowest BCUT2D eigenvalue weighted by atomic mass is 9.76. The van der Waals surface area contributed by atoms with Gasteiger partial charge in [0.2, 0.25) is 0 Å². The van der Waals surface area contributed by atoms with Crippen LogP contribution >= 0.6 is 0 Å². The predicted molar refractivity (Wildman–Crippen MR) is 201 cm³/mol. The van der Waals surface area contributed by atoms with Crippen LogP contribution in [0.15, 0.2) is 54.6 Å². The number of rotatable bonds is 2. The maximum atomic E-state index is 7.04. The Bertz CT molecular complexity index is 1600. The Morgan fingerprint density at radius 3 is 1.39 bits per heavy atom. The molecule has 8 bridgehead atoms. The van der Waals surface area contributed by atoms with Gasteiger partial charge in [-0.1, -0.05) is 81.0 Å². The average Bonchev–Trinajstić information content (AvgIpc) is 3.91. The van der Waals surface area contributed by atoms with E-state index in [1.165, 1.54) is 87.8 Å². The monoisotopic (exact) mass is 692 g/mol. The highest BCUT2D eigenvalue weighted by Gasteiger charge is 2.55. The first-order chi connectivity index (χ1) is 25.2. The minimum absolute atomic E-state index is 0.0917. The fraction of sp³-hybridized carbons (Fsp3) is 0.714. The standard InChI is InChI=1S/C42H60N8O/c1-2-11-24-22-25(21-20-23(24)10-1)51-33-19-9-18-32-34(33)42-49-40-31-17-8-7-16-30(31)38(47-40)45-36-27-13-4-3-12-26(27)35(43-36)44-37-28-14-5-6-15-29(28)39(46-37)48-41(32)50-42/h1-2,9-11,18,20-22,26-50H,3-8,12-17,19H2. The highest BCUT2D eigenvalue weighted by molar-refractivity contribution is 5.83. The van der Waals surface area contributed by atoms with Crippen LogP contribution in [0.3, 0.4) is 0 Å². The van der Waals surface area contributed by atoms with Crippen molar-refractivity contribution in [2.75, 3.05) is 0 Å². The van der Waals surface area contributed by atoms with Gasteiger partial charge in [0.25, 0.3) is 0 Å². The molecule has 3 saturated carbocycles. The lowest BCUT2D eigenvalue weighted by molar-refractivity contribution is 0.0856. The van der Waals surface area contributed by atoms with Crippen molar-refractivity contribution >= 4 is 10.8 Å². The number of fused-ring (bicyclic) bond motifs is 21. The first-order valence-corrected chi connectivity index (χ1v) is 21.1. The highest BCUT2D eigenvalue weighted by atomic mass is 16.5. The van der Waals surface area contributed by atoms with Crippen LogP contribution in [0, 0.1) is 47.3 Å². The first-order valence-electron chi connectivity index (χ1n) is 21.1. The summed E-state index contributed by atoms with van der Waals surface area (Å²) in [6.45, 7) is 0. The molecule has 9 nitrogen and oxygen atoms in total. The van der Waals surface area contributed by atoms with Crippen LogP contribution in [0.2, 0.25) is 0 Å². The van der Waals surface area contributed by atoms with Crippen LogP contribution in [0.1, 0.15) is 83.5 Å². The molecular formula is C42H60N8O. The van der Waals surface area contributed by atoms with Crippen molar-refractivity contribution in [1.29, 1.82) is 0 Å². The van der Waals surface area contributed by atoms with E-state index >= 15 is 0 Å². The maximum absolute atomic E-state index is 7.04. The van der Waals surface area contributed by atoms with Crippen molar-refractivity contribution in [3.05, 3.63) is 54.6 Å². The summed E-state index contributed by atoms with van der Waals surface area (Å²) in [4.78, 5) is 0. The van der Waals surface area contributed by atoms with Crippen LogP contribution in [-0.2, 0) is 0 Å². The Morgan fingerprint density at radius 1 is 0.451 bits per heavy atom. The molecule has 5 saturated heterocycles. The number of benzene rings is 2. The molecule has 5 aliphatic heterocycles. The molecule has 0 amide bonds. The van der Waals surface area contributed by atoms with Gasteiger partial charge in [0, 0.05) is 18.3 Å². The largest absolute Gasteiger partial charge is 0.490 e. The van der Waals surface area contributed by atoms with E-state index in [1.807, 2.05) is 0 Å². The third kappa shape index (κ3) is 5.72. The van der Waals surface area contributed by atoms with Crippen molar-refractivity contribution in [3.63, 3.8) is 0 Å². The van der Waals surface area contributed by atoms with E-state index in [-0.39, 0.29) is 24.6 Å². The summed E-state index contributed by atoms with van der Waals surface area (Å²) in [5.41, 5.74) is 0.